The average Bonchev–Trinajstić information content (AvgIpc) is 3.51. The molecule has 9 nitrogen and oxygen atoms in total. The molecule has 2 aromatic carbocycles. The van der Waals surface area contributed by atoms with Gasteiger partial charge in [-0.05, 0) is 48.0 Å². The second kappa shape index (κ2) is 8.28. The van der Waals surface area contributed by atoms with Crippen LogP contribution in [-0.4, -0.2) is 37.1 Å². The van der Waals surface area contributed by atoms with Crippen LogP contribution in [0.2, 0.25) is 0 Å². The predicted octanol–water partition coefficient (Wildman–Crippen LogP) is 4.13. The highest BCUT2D eigenvalue weighted by molar-refractivity contribution is 5.98. The van der Waals surface area contributed by atoms with Gasteiger partial charge in [0.1, 0.15) is 11.9 Å². The van der Waals surface area contributed by atoms with Gasteiger partial charge in [0.05, 0.1) is 11.7 Å². The highest BCUT2D eigenvalue weighted by atomic mass is 16.2. The van der Waals surface area contributed by atoms with Crippen molar-refractivity contribution in [3.8, 4) is 11.4 Å². The number of benzene rings is 2. The van der Waals surface area contributed by atoms with Gasteiger partial charge in [0, 0.05) is 53.0 Å². The lowest BCUT2D eigenvalue weighted by Crippen LogP contribution is -2.32. The molecular weight excluding hydrogens is 428 g/mol. The minimum atomic E-state index is -0.342. The van der Waals surface area contributed by atoms with Gasteiger partial charge in [0.15, 0.2) is 5.82 Å². The number of hydrogen-bond acceptors (Lipinski definition) is 7. The van der Waals surface area contributed by atoms with Gasteiger partial charge in [-0.1, -0.05) is 12.1 Å². The maximum atomic E-state index is 12.7. The summed E-state index contributed by atoms with van der Waals surface area (Å²) in [5, 5.41) is 17.6. The van der Waals surface area contributed by atoms with Crippen LogP contribution in [0.25, 0.3) is 22.3 Å². The molecule has 1 amide bonds. The van der Waals surface area contributed by atoms with E-state index in [-0.39, 0.29) is 11.9 Å². The minimum absolute atomic E-state index is 0.0824. The highest BCUT2D eigenvalue weighted by Gasteiger charge is 2.27. The average molecular weight is 448 g/mol. The van der Waals surface area contributed by atoms with Gasteiger partial charge in [-0.25, -0.2) is 9.97 Å². The first kappa shape index (κ1) is 19.9. The number of H-pyrrole nitrogens is 1. The first-order valence-electron chi connectivity index (χ1n) is 10.9. The zero-order valence-corrected chi connectivity index (χ0v) is 18.0. The number of anilines is 4. The summed E-state index contributed by atoms with van der Waals surface area (Å²) in [6.45, 7) is 0. The molecule has 9 heteroatoms. The molecule has 0 spiro atoms. The second-order valence-electron chi connectivity index (χ2n) is 8.06. The Kier molecular flexibility index (Phi) is 4.84. The summed E-state index contributed by atoms with van der Waals surface area (Å²) >= 11 is 0. The fourth-order valence-electron chi connectivity index (χ4n) is 4.05. The van der Waals surface area contributed by atoms with Crippen LogP contribution in [0.4, 0.5) is 22.9 Å². The molecule has 166 valence electrons. The van der Waals surface area contributed by atoms with Gasteiger partial charge in [0.2, 0.25) is 5.91 Å². The Morgan fingerprint density at radius 3 is 2.79 bits per heavy atom. The molecule has 4 heterocycles. The van der Waals surface area contributed by atoms with E-state index in [2.05, 4.69) is 41.1 Å². The highest BCUT2D eigenvalue weighted by Crippen LogP contribution is 2.31. The third kappa shape index (κ3) is 3.90. The summed E-state index contributed by atoms with van der Waals surface area (Å²) in [4.78, 5) is 25.8. The first-order chi connectivity index (χ1) is 16.7. The third-order valence-electron chi connectivity index (χ3n) is 5.75. The summed E-state index contributed by atoms with van der Waals surface area (Å²) in [6, 6.07) is 17.0. The molecule has 1 aliphatic rings. The Morgan fingerprint density at radius 1 is 0.971 bits per heavy atom. The molecule has 1 atom stereocenters. The van der Waals surface area contributed by atoms with E-state index in [1.165, 1.54) is 0 Å². The summed E-state index contributed by atoms with van der Waals surface area (Å²) < 4.78 is 0. The zero-order chi connectivity index (χ0) is 22.9. The standard InChI is InChI=1S/C25H20N8O/c34-25(30-18-5-8-26-9-6-18)22-12-15-1-2-16(13-21(15)31-22)24-27-10-7-23(32-24)29-19-3-4-20-17(11-19)14-28-33-20/h1-11,13-14,22,31H,12H2,(H,28,33)(H,26,30,34)(H,27,29,32). The molecule has 0 bridgehead atoms. The van der Waals surface area contributed by atoms with E-state index in [9.17, 15) is 4.79 Å². The van der Waals surface area contributed by atoms with E-state index in [1.807, 2.05) is 42.5 Å². The number of rotatable bonds is 5. The number of pyridine rings is 1. The summed E-state index contributed by atoms with van der Waals surface area (Å²) in [6.07, 6.45) is 7.43. The Hall–Kier alpha value is -4.79. The largest absolute Gasteiger partial charge is 0.373 e. The van der Waals surface area contributed by atoms with Gasteiger partial charge in [-0.15, -0.1) is 0 Å². The van der Waals surface area contributed by atoms with Crippen LogP contribution in [0.15, 0.2) is 79.4 Å². The Bertz CT molecular complexity index is 1500. The Labute approximate surface area is 194 Å². The number of carbonyl (C=O) groups excluding carboxylic acids is 1. The fraction of sp³-hybridized carbons (Fsp3) is 0.0800. The Balaban J connectivity index is 1.19. The molecule has 6 rings (SSSR count). The van der Waals surface area contributed by atoms with Gasteiger partial charge >= 0.3 is 0 Å². The number of aromatic amines is 1. The number of carbonyl (C=O) groups is 1. The lowest BCUT2D eigenvalue weighted by atomic mass is 10.1. The van der Waals surface area contributed by atoms with E-state index in [1.54, 1.807) is 36.9 Å². The van der Waals surface area contributed by atoms with Gasteiger partial charge < -0.3 is 16.0 Å². The van der Waals surface area contributed by atoms with Crippen LogP contribution >= 0.6 is 0 Å². The number of aromatic nitrogens is 5. The molecule has 1 unspecified atom stereocenters. The van der Waals surface area contributed by atoms with Crippen molar-refractivity contribution in [1.82, 2.24) is 25.1 Å². The second-order valence-corrected chi connectivity index (χ2v) is 8.06. The first-order valence-corrected chi connectivity index (χ1v) is 10.9. The van der Waals surface area contributed by atoms with Crippen LogP contribution < -0.4 is 16.0 Å². The van der Waals surface area contributed by atoms with Crippen molar-refractivity contribution in [3.05, 3.63) is 84.9 Å². The number of nitrogens with zero attached hydrogens (tertiary/aromatic N) is 4. The van der Waals surface area contributed by atoms with Crippen LogP contribution in [0.5, 0.6) is 0 Å². The van der Waals surface area contributed by atoms with Crippen molar-refractivity contribution < 1.29 is 4.79 Å². The van der Waals surface area contributed by atoms with E-state index < -0.39 is 0 Å². The maximum absolute atomic E-state index is 12.7. The predicted molar refractivity (Wildman–Crippen MR) is 131 cm³/mol. The number of fused-ring (bicyclic) bond motifs is 2. The van der Waals surface area contributed by atoms with Gasteiger partial charge in [0.25, 0.3) is 0 Å². The van der Waals surface area contributed by atoms with Gasteiger partial charge in [-0.3, -0.25) is 14.9 Å². The quantitative estimate of drug-likeness (QED) is 0.319. The van der Waals surface area contributed by atoms with E-state index in [0.29, 0.717) is 18.1 Å². The van der Waals surface area contributed by atoms with Crippen molar-refractivity contribution >= 4 is 39.7 Å². The molecule has 5 aromatic rings. The van der Waals surface area contributed by atoms with E-state index in [4.69, 9.17) is 0 Å². The summed E-state index contributed by atoms with van der Waals surface area (Å²) in [7, 11) is 0. The molecule has 34 heavy (non-hydrogen) atoms. The number of hydrogen-bond donors (Lipinski definition) is 4. The van der Waals surface area contributed by atoms with Crippen LogP contribution in [0.3, 0.4) is 0 Å². The minimum Gasteiger partial charge on any atom is -0.373 e. The summed E-state index contributed by atoms with van der Waals surface area (Å²) in [5.74, 6) is 1.21. The molecule has 0 fully saturated rings. The number of amides is 1. The molecule has 4 N–H and O–H groups in total. The summed E-state index contributed by atoms with van der Waals surface area (Å²) in [5.41, 5.74) is 5.49. The molecule has 3 aromatic heterocycles. The van der Waals surface area contributed by atoms with Crippen LogP contribution in [0, 0.1) is 0 Å². The van der Waals surface area contributed by atoms with Crippen LogP contribution in [-0.2, 0) is 11.2 Å². The zero-order valence-electron chi connectivity index (χ0n) is 18.0. The molecule has 0 radical (unpaired) electrons. The van der Waals surface area contributed by atoms with Crippen molar-refractivity contribution in [2.24, 2.45) is 0 Å². The van der Waals surface area contributed by atoms with Crippen molar-refractivity contribution in [1.29, 1.82) is 0 Å². The third-order valence-corrected chi connectivity index (χ3v) is 5.75. The molecule has 1 aliphatic heterocycles. The van der Waals surface area contributed by atoms with Crippen molar-refractivity contribution in [3.63, 3.8) is 0 Å². The SMILES string of the molecule is O=C(Nc1ccncc1)C1Cc2ccc(-c3nccc(Nc4ccc5[nH]ncc5c4)n3)cc2N1. The Morgan fingerprint density at radius 2 is 1.88 bits per heavy atom. The molecule has 0 saturated heterocycles. The number of nitrogens with one attached hydrogen (secondary N) is 4. The normalized spacial score (nSPS) is 14.4. The lowest BCUT2D eigenvalue weighted by molar-refractivity contribution is -0.116. The lowest BCUT2D eigenvalue weighted by Gasteiger charge is -2.12. The van der Waals surface area contributed by atoms with E-state index in [0.717, 1.165) is 39.1 Å². The molecule has 0 aliphatic carbocycles. The monoisotopic (exact) mass is 448 g/mol. The molecular formula is C25H20N8O. The topological polar surface area (TPSA) is 121 Å². The van der Waals surface area contributed by atoms with Crippen molar-refractivity contribution in [2.45, 2.75) is 12.5 Å². The fourth-order valence-corrected chi connectivity index (χ4v) is 4.05. The molecule has 0 saturated carbocycles. The van der Waals surface area contributed by atoms with Crippen LogP contribution in [0.1, 0.15) is 5.56 Å². The van der Waals surface area contributed by atoms with E-state index >= 15 is 0 Å². The van der Waals surface area contributed by atoms with Crippen molar-refractivity contribution in [2.75, 3.05) is 16.0 Å². The smallest absolute Gasteiger partial charge is 0.247 e. The maximum Gasteiger partial charge on any atom is 0.247 e. The van der Waals surface area contributed by atoms with Gasteiger partial charge in [-0.2, -0.15) is 5.10 Å².